The Morgan fingerprint density at radius 2 is 1.73 bits per heavy atom. The van der Waals surface area contributed by atoms with E-state index in [4.69, 9.17) is 15.8 Å². The van der Waals surface area contributed by atoms with E-state index in [9.17, 15) is 0 Å². The summed E-state index contributed by atoms with van der Waals surface area (Å²) in [6.07, 6.45) is 8.48. The van der Waals surface area contributed by atoms with E-state index < -0.39 is 0 Å². The van der Waals surface area contributed by atoms with Crippen molar-refractivity contribution in [1.29, 1.82) is 15.8 Å². The number of hydrogen-bond acceptors (Lipinski definition) is 7. The molecular formula is C15H7N5S2. The first-order chi connectivity index (χ1) is 10.8. The van der Waals surface area contributed by atoms with Crippen LogP contribution in [0.4, 0.5) is 0 Å². The van der Waals surface area contributed by atoms with Crippen molar-refractivity contribution in [3.8, 4) is 18.2 Å². The zero-order chi connectivity index (χ0) is 15.8. The van der Waals surface area contributed by atoms with Crippen molar-refractivity contribution in [2.24, 2.45) is 0 Å². The minimum Gasteiger partial charge on any atom is -0.253 e. The lowest BCUT2D eigenvalue weighted by atomic mass is 10.1. The summed E-state index contributed by atoms with van der Waals surface area (Å²) in [7, 11) is 0. The molecule has 0 radical (unpaired) electrons. The van der Waals surface area contributed by atoms with Gasteiger partial charge in [-0.25, -0.2) is 0 Å². The van der Waals surface area contributed by atoms with Gasteiger partial charge in [0.15, 0.2) is 0 Å². The molecule has 1 aromatic heterocycles. The second-order valence-electron chi connectivity index (χ2n) is 3.76. The lowest BCUT2D eigenvalue weighted by molar-refractivity contribution is 1.15. The molecule has 7 heteroatoms. The van der Waals surface area contributed by atoms with Crippen LogP contribution in [0.1, 0.15) is 11.4 Å². The van der Waals surface area contributed by atoms with Gasteiger partial charge in [-0.3, -0.25) is 9.97 Å². The molecular weight excluding hydrogens is 314 g/mol. The van der Waals surface area contributed by atoms with Gasteiger partial charge < -0.3 is 0 Å². The molecule has 0 N–H and O–H groups in total. The number of aromatic nitrogens is 2. The number of thioether (sulfide) groups is 2. The smallest absolute Gasteiger partial charge is 0.149 e. The molecule has 1 aromatic rings. The van der Waals surface area contributed by atoms with Gasteiger partial charge in [-0.1, -0.05) is 29.6 Å². The van der Waals surface area contributed by atoms with Gasteiger partial charge in [-0.15, -0.1) is 0 Å². The largest absolute Gasteiger partial charge is 0.253 e. The average Bonchev–Trinajstić information content (AvgIpc) is 3.07. The highest BCUT2D eigenvalue weighted by molar-refractivity contribution is 8.27. The standard InChI is InChI=1S/C15H7N5S2/c16-6-11(7-17)13(8-18)14-10-19-12(9-20-14)2-1-3-15-21-4-5-22-15/h1-5,9-10H/b2-1+. The maximum absolute atomic E-state index is 9.03. The molecule has 0 fully saturated rings. The van der Waals surface area contributed by atoms with E-state index in [1.165, 1.54) is 16.6 Å². The van der Waals surface area contributed by atoms with Crippen LogP contribution in [0.3, 0.4) is 0 Å². The Hall–Kier alpha value is -2.79. The molecule has 0 spiro atoms. The van der Waals surface area contributed by atoms with Crippen LogP contribution in [0.5, 0.6) is 0 Å². The molecule has 22 heavy (non-hydrogen) atoms. The molecule has 0 saturated carbocycles. The molecule has 5 nitrogen and oxygen atoms in total. The van der Waals surface area contributed by atoms with Crippen LogP contribution in [0, 0.1) is 34.0 Å². The van der Waals surface area contributed by atoms with E-state index in [-0.39, 0.29) is 16.8 Å². The first-order valence-electron chi connectivity index (χ1n) is 5.92. The maximum Gasteiger partial charge on any atom is 0.149 e. The quantitative estimate of drug-likeness (QED) is 0.784. The Morgan fingerprint density at radius 3 is 2.27 bits per heavy atom. The van der Waals surface area contributed by atoms with Crippen LogP contribution >= 0.6 is 23.5 Å². The zero-order valence-corrected chi connectivity index (χ0v) is 12.7. The monoisotopic (exact) mass is 321 g/mol. The van der Waals surface area contributed by atoms with E-state index in [0.717, 1.165) is 0 Å². The molecule has 0 amide bonds. The minimum absolute atomic E-state index is 0.0695. The molecule has 0 atom stereocenters. The van der Waals surface area contributed by atoms with E-state index in [1.54, 1.807) is 41.7 Å². The second kappa shape index (κ2) is 7.85. The van der Waals surface area contributed by atoms with E-state index in [1.807, 2.05) is 29.0 Å². The van der Waals surface area contributed by atoms with Crippen LogP contribution in [-0.4, -0.2) is 9.97 Å². The summed E-state index contributed by atoms with van der Waals surface area (Å²) in [4.78, 5) is 8.23. The van der Waals surface area contributed by atoms with Gasteiger partial charge in [-0.05, 0) is 23.0 Å². The Kier molecular flexibility index (Phi) is 5.57. The topological polar surface area (TPSA) is 97.2 Å². The molecule has 0 saturated heterocycles. The van der Waals surface area contributed by atoms with Crippen LogP contribution in [0.25, 0.3) is 11.6 Å². The Morgan fingerprint density at radius 1 is 1.00 bits per heavy atom. The van der Waals surface area contributed by atoms with Crippen LogP contribution in [0.15, 0.2) is 45.2 Å². The Balaban J connectivity index is 2.18. The summed E-state index contributed by atoms with van der Waals surface area (Å²) in [6, 6.07) is 5.17. The molecule has 0 bridgehead atoms. The van der Waals surface area contributed by atoms with Gasteiger partial charge in [0.2, 0.25) is 0 Å². The van der Waals surface area contributed by atoms with Crippen LogP contribution in [0.2, 0.25) is 0 Å². The van der Waals surface area contributed by atoms with E-state index in [0.29, 0.717) is 5.69 Å². The predicted molar refractivity (Wildman–Crippen MR) is 87.2 cm³/mol. The first-order valence-corrected chi connectivity index (χ1v) is 7.68. The third-order valence-corrected chi connectivity index (χ3v) is 4.47. The van der Waals surface area contributed by atoms with Gasteiger partial charge in [0.25, 0.3) is 0 Å². The van der Waals surface area contributed by atoms with E-state index in [2.05, 4.69) is 9.97 Å². The van der Waals surface area contributed by atoms with Crippen LogP contribution < -0.4 is 0 Å². The fourth-order valence-electron chi connectivity index (χ4n) is 1.45. The number of nitriles is 3. The lowest BCUT2D eigenvalue weighted by Crippen LogP contribution is -1.93. The maximum atomic E-state index is 9.03. The van der Waals surface area contributed by atoms with E-state index >= 15 is 0 Å². The number of hydrogen-bond donors (Lipinski definition) is 0. The Labute approximate surface area is 136 Å². The molecule has 0 unspecified atom stereocenters. The average molecular weight is 321 g/mol. The van der Waals surface area contributed by atoms with Gasteiger partial charge in [0.05, 0.1) is 18.1 Å². The van der Waals surface area contributed by atoms with Crippen molar-refractivity contribution >= 4 is 35.2 Å². The van der Waals surface area contributed by atoms with Gasteiger partial charge in [-0.2, -0.15) is 15.8 Å². The lowest BCUT2D eigenvalue weighted by Gasteiger charge is -1.98. The highest BCUT2D eigenvalue weighted by Crippen LogP contribution is 2.37. The molecule has 2 heterocycles. The minimum atomic E-state index is -0.271. The van der Waals surface area contributed by atoms with Crippen molar-refractivity contribution < 1.29 is 0 Å². The van der Waals surface area contributed by atoms with Crippen molar-refractivity contribution in [2.45, 2.75) is 0 Å². The highest BCUT2D eigenvalue weighted by atomic mass is 32.2. The molecule has 2 rings (SSSR count). The van der Waals surface area contributed by atoms with Crippen molar-refractivity contribution in [1.82, 2.24) is 9.97 Å². The number of nitrogens with zero attached hydrogens (tertiary/aromatic N) is 5. The van der Waals surface area contributed by atoms with Crippen molar-refractivity contribution in [3.05, 3.63) is 56.6 Å². The predicted octanol–water partition coefficient (Wildman–Crippen LogP) is 3.61. The second-order valence-corrected chi connectivity index (χ2v) is 5.92. The zero-order valence-electron chi connectivity index (χ0n) is 11.1. The van der Waals surface area contributed by atoms with Gasteiger partial charge in [0.1, 0.15) is 35.0 Å². The molecule has 0 aliphatic carbocycles. The summed E-state index contributed by atoms with van der Waals surface area (Å²) in [6.45, 7) is 0. The summed E-state index contributed by atoms with van der Waals surface area (Å²) in [5.41, 5.74) is 0.490. The summed E-state index contributed by atoms with van der Waals surface area (Å²) < 4.78 is 1.17. The third kappa shape index (κ3) is 3.86. The van der Waals surface area contributed by atoms with Gasteiger partial charge >= 0.3 is 0 Å². The third-order valence-electron chi connectivity index (χ3n) is 2.44. The summed E-state index contributed by atoms with van der Waals surface area (Å²) in [5, 5.41) is 30.7. The van der Waals surface area contributed by atoms with Gasteiger partial charge in [0, 0.05) is 4.24 Å². The fraction of sp³-hybridized carbons (Fsp3) is 0. The van der Waals surface area contributed by atoms with Crippen LogP contribution in [-0.2, 0) is 0 Å². The summed E-state index contributed by atoms with van der Waals surface area (Å²) >= 11 is 3.30. The summed E-state index contributed by atoms with van der Waals surface area (Å²) in [5.74, 6) is 0. The number of rotatable bonds is 3. The normalized spacial score (nSPS) is 12.5. The Bertz CT molecular complexity index is 785. The SMILES string of the molecule is N#CC(C#N)=C(C#N)c1cnc(/C=C/C=C2SC=CS2)cn1. The molecule has 0 aromatic carbocycles. The fourth-order valence-corrected chi connectivity index (χ4v) is 3.04. The molecule has 104 valence electrons. The first kappa shape index (κ1) is 15.6. The van der Waals surface area contributed by atoms with Crippen molar-refractivity contribution in [3.63, 3.8) is 0 Å². The van der Waals surface area contributed by atoms with Crippen molar-refractivity contribution in [2.75, 3.05) is 0 Å². The molecule has 1 aliphatic heterocycles. The highest BCUT2D eigenvalue weighted by Gasteiger charge is 2.10. The number of allylic oxidation sites excluding steroid dienone is 4. The molecule has 1 aliphatic rings.